The predicted octanol–water partition coefficient (Wildman–Crippen LogP) is 0.572. The van der Waals surface area contributed by atoms with Crippen LogP contribution in [-0.4, -0.2) is 23.3 Å². The van der Waals surface area contributed by atoms with E-state index >= 15 is 0 Å². The molecule has 0 spiro atoms. The molecule has 100 valence electrons. The van der Waals surface area contributed by atoms with E-state index in [1.807, 2.05) is 0 Å². The lowest BCUT2D eigenvalue weighted by molar-refractivity contribution is -0.387. The van der Waals surface area contributed by atoms with Crippen molar-refractivity contribution in [2.75, 3.05) is 11.4 Å². The first kappa shape index (κ1) is 12.9. The van der Waals surface area contributed by atoms with Crippen LogP contribution >= 0.6 is 0 Å². The van der Waals surface area contributed by atoms with Crippen LogP contribution in [0.4, 0.5) is 15.8 Å². The number of nitro benzene ring substituents is 1. The maximum Gasteiger partial charge on any atom is 0.306 e. The summed E-state index contributed by atoms with van der Waals surface area (Å²) < 4.78 is 13.2. The topological polar surface area (TPSA) is 107 Å². The summed E-state index contributed by atoms with van der Waals surface area (Å²) in [5.74, 6) is -2.58. The van der Waals surface area contributed by atoms with Crippen molar-refractivity contribution in [2.45, 2.75) is 6.42 Å². The van der Waals surface area contributed by atoms with Gasteiger partial charge in [0, 0.05) is 19.0 Å². The van der Waals surface area contributed by atoms with Gasteiger partial charge in [-0.3, -0.25) is 19.7 Å². The average Bonchev–Trinajstić information content (AvgIpc) is 2.72. The molecule has 19 heavy (non-hydrogen) atoms. The maximum absolute atomic E-state index is 13.2. The molecule has 7 nitrogen and oxygen atoms in total. The summed E-state index contributed by atoms with van der Waals surface area (Å²) >= 11 is 0. The number of amides is 2. The second kappa shape index (κ2) is 4.63. The molecule has 0 saturated carbocycles. The number of hydrogen-bond donors (Lipinski definition) is 1. The van der Waals surface area contributed by atoms with Gasteiger partial charge >= 0.3 is 5.69 Å². The van der Waals surface area contributed by atoms with Gasteiger partial charge in [-0.25, -0.2) is 0 Å². The molecule has 1 aliphatic rings. The Labute approximate surface area is 106 Å². The van der Waals surface area contributed by atoms with Crippen LogP contribution in [0.2, 0.25) is 0 Å². The fraction of sp³-hybridized carbons (Fsp3) is 0.273. The maximum atomic E-state index is 13.2. The molecule has 2 N–H and O–H groups in total. The van der Waals surface area contributed by atoms with Crippen LogP contribution in [0.25, 0.3) is 0 Å². The van der Waals surface area contributed by atoms with Gasteiger partial charge in [-0.05, 0) is 12.1 Å². The SMILES string of the molecule is NC(=O)C1CC(=O)N(c2ccc(F)c([N+](=O)[O-])c2)C1. The van der Waals surface area contributed by atoms with E-state index in [1.165, 1.54) is 11.0 Å². The molecule has 2 rings (SSSR count). The van der Waals surface area contributed by atoms with Crippen molar-refractivity contribution in [2.24, 2.45) is 11.7 Å². The number of benzene rings is 1. The second-order valence-corrected chi connectivity index (χ2v) is 4.20. The summed E-state index contributed by atoms with van der Waals surface area (Å²) in [5, 5.41) is 10.6. The van der Waals surface area contributed by atoms with Crippen LogP contribution in [0, 0.1) is 21.8 Å². The van der Waals surface area contributed by atoms with Crippen molar-refractivity contribution in [3.8, 4) is 0 Å². The highest BCUT2D eigenvalue weighted by atomic mass is 19.1. The number of primary amides is 1. The number of carbonyl (C=O) groups excluding carboxylic acids is 2. The third kappa shape index (κ3) is 2.37. The van der Waals surface area contributed by atoms with E-state index in [2.05, 4.69) is 0 Å². The Kier molecular flexibility index (Phi) is 3.16. The van der Waals surface area contributed by atoms with Gasteiger partial charge < -0.3 is 10.6 Å². The zero-order valence-electron chi connectivity index (χ0n) is 9.71. The van der Waals surface area contributed by atoms with Gasteiger partial charge in [0.05, 0.1) is 16.5 Å². The molecule has 1 saturated heterocycles. The van der Waals surface area contributed by atoms with Crippen molar-refractivity contribution < 1.29 is 18.9 Å². The molecule has 0 bridgehead atoms. The van der Waals surface area contributed by atoms with Gasteiger partial charge in [-0.1, -0.05) is 0 Å². The number of nitrogens with zero attached hydrogens (tertiary/aromatic N) is 2. The summed E-state index contributed by atoms with van der Waals surface area (Å²) in [7, 11) is 0. The van der Waals surface area contributed by atoms with Crippen molar-refractivity contribution in [3.05, 3.63) is 34.1 Å². The highest BCUT2D eigenvalue weighted by molar-refractivity contribution is 6.00. The van der Waals surface area contributed by atoms with Gasteiger partial charge in [0.2, 0.25) is 17.6 Å². The van der Waals surface area contributed by atoms with E-state index in [4.69, 9.17) is 5.73 Å². The zero-order valence-corrected chi connectivity index (χ0v) is 9.71. The third-order valence-corrected chi connectivity index (χ3v) is 2.97. The van der Waals surface area contributed by atoms with E-state index in [0.717, 1.165) is 12.1 Å². The molecule has 2 amide bonds. The Morgan fingerprint density at radius 3 is 2.74 bits per heavy atom. The van der Waals surface area contributed by atoms with Crippen LogP contribution < -0.4 is 10.6 Å². The van der Waals surface area contributed by atoms with Gasteiger partial charge in [-0.15, -0.1) is 0 Å². The fourth-order valence-corrected chi connectivity index (χ4v) is 1.96. The van der Waals surface area contributed by atoms with E-state index in [9.17, 15) is 24.1 Å². The summed E-state index contributed by atoms with van der Waals surface area (Å²) in [6.45, 7) is 0.0525. The smallest absolute Gasteiger partial charge is 0.306 e. The predicted molar refractivity (Wildman–Crippen MR) is 62.7 cm³/mol. The van der Waals surface area contributed by atoms with Crippen LogP contribution in [0.15, 0.2) is 18.2 Å². The molecule has 8 heteroatoms. The molecular weight excluding hydrogens is 257 g/mol. The monoisotopic (exact) mass is 267 g/mol. The lowest BCUT2D eigenvalue weighted by Crippen LogP contribution is -2.28. The quantitative estimate of drug-likeness (QED) is 0.638. The normalized spacial score (nSPS) is 18.7. The van der Waals surface area contributed by atoms with Gasteiger partial charge in [-0.2, -0.15) is 4.39 Å². The minimum absolute atomic E-state index is 0.0412. The average molecular weight is 267 g/mol. The van der Waals surface area contributed by atoms with Gasteiger partial charge in [0.25, 0.3) is 0 Å². The number of rotatable bonds is 3. The number of carbonyl (C=O) groups is 2. The Balaban J connectivity index is 2.33. The van der Waals surface area contributed by atoms with E-state index in [-0.39, 0.29) is 24.6 Å². The van der Waals surface area contributed by atoms with Crippen LogP contribution in [0.3, 0.4) is 0 Å². The summed E-state index contributed by atoms with van der Waals surface area (Å²) in [6, 6.07) is 3.14. The molecule has 1 atom stereocenters. The number of hydrogen-bond acceptors (Lipinski definition) is 4. The molecule has 1 fully saturated rings. The van der Waals surface area contributed by atoms with Crippen molar-refractivity contribution in [1.82, 2.24) is 0 Å². The molecule has 1 unspecified atom stereocenters. The van der Waals surface area contributed by atoms with Crippen LogP contribution in [0.5, 0.6) is 0 Å². The first-order valence-electron chi connectivity index (χ1n) is 5.43. The van der Waals surface area contributed by atoms with E-state index in [0.29, 0.717) is 0 Å². The van der Waals surface area contributed by atoms with Crippen molar-refractivity contribution in [1.29, 1.82) is 0 Å². The van der Waals surface area contributed by atoms with E-state index in [1.54, 1.807) is 0 Å². The highest BCUT2D eigenvalue weighted by Gasteiger charge is 2.34. The van der Waals surface area contributed by atoms with Gasteiger partial charge in [0.1, 0.15) is 0 Å². The second-order valence-electron chi connectivity index (χ2n) is 4.20. The lowest BCUT2D eigenvalue weighted by atomic mass is 10.1. The Hall–Kier alpha value is -2.51. The summed E-state index contributed by atoms with van der Waals surface area (Å²) in [4.78, 5) is 33.7. The minimum atomic E-state index is -0.980. The molecule has 0 radical (unpaired) electrons. The lowest BCUT2D eigenvalue weighted by Gasteiger charge is -2.15. The number of nitro groups is 1. The van der Waals surface area contributed by atoms with E-state index < -0.39 is 28.3 Å². The van der Waals surface area contributed by atoms with Gasteiger partial charge in [0.15, 0.2) is 0 Å². The molecule has 1 aromatic rings. The first-order chi connectivity index (χ1) is 8.90. The molecule has 1 aliphatic heterocycles. The third-order valence-electron chi connectivity index (χ3n) is 2.97. The zero-order chi connectivity index (χ0) is 14.2. The number of halogens is 1. The Morgan fingerprint density at radius 1 is 1.53 bits per heavy atom. The molecule has 0 aliphatic carbocycles. The molecule has 1 heterocycles. The first-order valence-corrected chi connectivity index (χ1v) is 5.43. The Morgan fingerprint density at radius 2 is 2.21 bits per heavy atom. The minimum Gasteiger partial charge on any atom is -0.369 e. The largest absolute Gasteiger partial charge is 0.369 e. The summed E-state index contributed by atoms with van der Waals surface area (Å²) in [6.07, 6.45) is -0.0412. The molecular formula is C11H10FN3O4. The van der Waals surface area contributed by atoms with Crippen LogP contribution in [-0.2, 0) is 9.59 Å². The van der Waals surface area contributed by atoms with Crippen molar-refractivity contribution in [3.63, 3.8) is 0 Å². The molecule has 0 aromatic heterocycles. The van der Waals surface area contributed by atoms with Crippen LogP contribution in [0.1, 0.15) is 6.42 Å². The standard InChI is InChI=1S/C11H10FN3O4/c12-8-2-1-7(4-9(8)15(18)19)14-5-6(11(13)17)3-10(14)16/h1-2,4,6H,3,5H2,(H2,13,17). The Bertz CT molecular complexity index is 575. The molecule has 1 aromatic carbocycles. The fourth-order valence-electron chi connectivity index (χ4n) is 1.96. The highest BCUT2D eigenvalue weighted by Crippen LogP contribution is 2.29. The number of nitrogens with two attached hydrogens (primary N) is 1. The van der Waals surface area contributed by atoms with Crippen molar-refractivity contribution >= 4 is 23.2 Å². The summed E-state index contributed by atoms with van der Waals surface area (Å²) in [5.41, 5.74) is 4.58. The number of anilines is 1.